The molecule has 32 heavy (non-hydrogen) atoms. The number of ether oxygens (including phenoxy) is 1. The van der Waals surface area contributed by atoms with Gasteiger partial charge < -0.3 is 4.74 Å². The van der Waals surface area contributed by atoms with Crippen molar-refractivity contribution in [2.45, 2.75) is 37.5 Å². The maximum atomic E-state index is 12.8. The molecule has 1 saturated heterocycles. The lowest BCUT2D eigenvalue weighted by Gasteiger charge is -2.41. The molecule has 0 N–H and O–H groups in total. The first-order chi connectivity index (χ1) is 15.8. The molecule has 1 fully saturated rings. The summed E-state index contributed by atoms with van der Waals surface area (Å²) in [5.74, 6) is -0.265. The molecule has 3 heteroatoms. The van der Waals surface area contributed by atoms with Gasteiger partial charge in [-0.05, 0) is 48.7 Å². The lowest BCUT2D eigenvalue weighted by Crippen LogP contribution is -2.32. The largest absolute Gasteiger partial charge is 0.466 e. The van der Waals surface area contributed by atoms with Crippen molar-refractivity contribution in [2.75, 3.05) is 13.3 Å². The van der Waals surface area contributed by atoms with Crippen LogP contribution in [0.25, 0.3) is 0 Å². The molecule has 4 rings (SSSR count). The zero-order valence-corrected chi connectivity index (χ0v) is 19.6. The van der Waals surface area contributed by atoms with E-state index in [1.807, 2.05) is 6.08 Å². The highest BCUT2D eigenvalue weighted by Crippen LogP contribution is 2.59. The van der Waals surface area contributed by atoms with Crippen molar-refractivity contribution < 1.29 is 9.53 Å². The van der Waals surface area contributed by atoms with E-state index >= 15 is 0 Å². The molecule has 3 aromatic rings. The Hall–Kier alpha value is -2.70. The summed E-state index contributed by atoms with van der Waals surface area (Å²) in [6.07, 6.45) is 8.64. The highest BCUT2D eigenvalue weighted by molar-refractivity contribution is 7.69. The van der Waals surface area contributed by atoms with Crippen LogP contribution in [-0.4, -0.2) is 19.2 Å². The van der Waals surface area contributed by atoms with Gasteiger partial charge in [0, 0.05) is 11.5 Å². The third-order valence-electron chi connectivity index (χ3n) is 6.47. The summed E-state index contributed by atoms with van der Waals surface area (Å²) in [7, 11) is 0.774. The third kappa shape index (κ3) is 4.71. The molecule has 164 valence electrons. The molecule has 0 aliphatic carbocycles. The Morgan fingerprint density at radius 3 is 1.88 bits per heavy atom. The van der Waals surface area contributed by atoms with Crippen LogP contribution in [0.15, 0.2) is 102 Å². The minimum Gasteiger partial charge on any atom is -0.466 e. The molecule has 0 aromatic heterocycles. The van der Waals surface area contributed by atoms with Crippen molar-refractivity contribution >= 4 is 19.2 Å². The van der Waals surface area contributed by atoms with Crippen molar-refractivity contribution in [3.8, 4) is 0 Å². The van der Waals surface area contributed by atoms with Gasteiger partial charge in [0.25, 0.3) is 0 Å². The van der Waals surface area contributed by atoms with Gasteiger partial charge in [0.1, 0.15) is 0 Å². The Morgan fingerprint density at radius 1 is 0.781 bits per heavy atom. The smallest absolute Gasteiger partial charge is 0.330 e. The fourth-order valence-corrected chi connectivity index (χ4v) is 7.88. The average molecular weight is 443 g/mol. The number of hydrogen-bond donors (Lipinski definition) is 0. The highest BCUT2D eigenvalue weighted by atomic mass is 31.1. The van der Waals surface area contributed by atoms with E-state index in [0.29, 0.717) is 0 Å². The van der Waals surface area contributed by atoms with E-state index in [2.05, 4.69) is 91.0 Å². The van der Waals surface area contributed by atoms with E-state index in [0.717, 1.165) is 19.0 Å². The Labute approximate surface area is 193 Å². The Bertz CT molecular complexity index is 989. The van der Waals surface area contributed by atoms with Crippen LogP contribution in [0.5, 0.6) is 0 Å². The van der Waals surface area contributed by atoms with Crippen LogP contribution in [0.2, 0.25) is 0 Å². The molecular formula is C29H31O2P. The fourth-order valence-electron chi connectivity index (χ4n) is 4.94. The van der Waals surface area contributed by atoms with Gasteiger partial charge in [0.2, 0.25) is 0 Å². The monoisotopic (exact) mass is 442 g/mol. The van der Waals surface area contributed by atoms with Crippen molar-refractivity contribution in [1.29, 1.82) is 0 Å². The summed E-state index contributed by atoms with van der Waals surface area (Å²) in [5, 5.41) is 2.54. The molecule has 1 aliphatic heterocycles. The molecule has 1 aliphatic rings. The number of rotatable bonds is 4. The molecule has 3 aromatic carbocycles. The molecule has 1 heterocycles. The topological polar surface area (TPSA) is 26.3 Å². The van der Waals surface area contributed by atoms with Gasteiger partial charge in [-0.3, -0.25) is 0 Å². The second-order valence-corrected chi connectivity index (χ2v) is 10.6. The lowest BCUT2D eigenvalue weighted by molar-refractivity contribution is -0.134. The van der Waals surface area contributed by atoms with Gasteiger partial charge in [-0.1, -0.05) is 110 Å². The van der Waals surface area contributed by atoms with Crippen LogP contribution in [0.3, 0.4) is 0 Å². The van der Waals surface area contributed by atoms with E-state index in [1.54, 1.807) is 0 Å². The van der Waals surface area contributed by atoms with E-state index in [-0.39, 0.29) is 11.4 Å². The normalized spacial score (nSPS) is 20.0. The molecule has 2 nitrogen and oxygen atoms in total. The second-order valence-electron chi connectivity index (χ2n) is 8.34. The van der Waals surface area contributed by atoms with Gasteiger partial charge in [-0.2, -0.15) is 0 Å². The molecule has 0 amide bonds. The molecule has 1 atom stereocenters. The first-order valence-corrected chi connectivity index (χ1v) is 13.0. The summed E-state index contributed by atoms with van der Waals surface area (Å²) in [6, 6.07) is 32.3. The van der Waals surface area contributed by atoms with Gasteiger partial charge in [0.15, 0.2) is 0 Å². The molecule has 0 spiro atoms. The fraction of sp³-hybridized carbons (Fsp3) is 0.276. The standard InChI is InChI=1S/C29H31O2P/c1-31-28(30)23-27-29(24-15-7-4-8-16-24,25-17-9-5-10-18-25)21-13-2-3-14-22-32(27)26-19-11-6-12-20-26/h4-12,15-20,23H,2-3,13-14,21-22H2,1H3. The predicted molar refractivity (Wildman–Crippen MR) is 135 cm³/mol. The second kappa shape index (κ2) is 10.7. The summed E-state index contributed by atoms with van der Waals surface area (Å²) >= 11 is 0. The van der Waals surface area contributed by atoms with Gasteiger partial charge in [-0.25, -0.2) is 4.79 Å². The number of allylic oxidation sites excluding steroid dienone is 1. The Balaban J connectivity index is 2.04. The molecule has 0 saturated carbocycles. The van der Waals surface area contributed by atoms with Crippen molar-refractivity contribution in [3.05, 3.63) is 114 Å². The van der Waals surface area contributed by atoms with Crippen molar-refractivity contribution in [3.63, 3.8) is 0 Å². The van der Waals surface area contributed by atoms with E-state index in [1.165, 1.54) is 48.1 Å². The van der Waals surface area contributed by atoms with Crippen LogP contribution in [0, 0.1) is 0 Å². The average Bonchev–Trinajstić information content (AvgIpc) is 2.95. The first-order valence-electron chi connectivity index (χ1n) is 11.5. The van der Waals surface area contributed by atoms with Crippen molar-refractivity contribution in [2.24, 2.45) is 0 Å². The van der Waals surface area contributed by atoms with Crippen LogP contribution in [0.1, 0.15) is 43.2 Å². The van der Waals surface area contributed by atoms with E-state index < -0.39 is 7.92 Å². The van der Waals surface area contributed by atoms with Crippen molar-refractivity contribution in [1.82, 2.24) is 0 Å². The van der Waals surface area contributed by atoms with Crippen LogP contribution < -0.4 is 5.30 Å². The molecular weight excluding hydrogens is 411 g/mol. The number of carbonyl (C=O) groups is 1. The summed E-state index contributed by atoms with van der Waals surface area (Å²) in [5.41, 5.74) is 2.15. The van der Waals surface area contributed by atoms with Crippen LogP contribution in [-0.2, 0) is 14.9 Å². The highest BCUT2D eigenvalue weighted by Gasteiger charge is 2.42. The first kappa shape index (κ1) is 22.5. The lowest BCUT2D eigenvalue weighted by atomic mass is 9.70. The minimum absolute atomic E-state index is 0.265. The number of methoxy groups -OCH3 is 1. The predicted octanol–water partition coefficient (Wildman–Crippen LogP) is 6.80. The van der Waals surface area contributed by atoms with E-state index in [9.17, 15) is 4.79 Å². The third-order valence-corrected chi connectivity index (χ3v) is 9.25. The maximum absolute atomic E-state index is 12.8. The Morgan fingerprint density at radius 2 is 1.31 bits per heavy atom. The summed E-state index contributed by atoms with van der Waals surface area (Å²) in [4.78, 5) is 12.8. The number of esters is 1. The van der Waals surface area contributed by atoms with Crippen LogP contribution >= 0.6 is 7.92 Å². The summed E-state index contributed by atoms with van der Waals surface area (Å²) in [6.45, 7) is 0. The maximum Gasteiger partial charge on any atom is 0.330 e. The number of hydrogen-bond acceptors (Lipinski definition) is 2. The zero-order valence-electron chi connectivity index (χ0n) is 18.7. The van der Waals surface area contributed by atoms with Crippen LogP contribution in [0.4, 0.5) is 0 Å². The quantitative estimate of drug-likeness (QED) is 0.252. The summed E-state index contributed by atoms with van der Waals surface area (Å²) < 4.78 is 5.20. The number of benzene rings is 3. The molecule has 0 bridgehead atoms. The molecule has 0 radical (unpaired) electrons. The SMILES string of the molecule is COC(=O)C=C1P(c2ccccc2)CCCCCCC1(c1ccccc1)c1ccccc1. The van der Waals surface area contributed by atoms with Gasteiger partial charge in [-0.15, -0.1) is 0 Å². The molecule has 1 unspecified atom stereocenters. The van der Waals surface area contributed by atoms with Gasteiger partial charge >= 0.3 is 5.97 Å². The Kier molecular flexibility index (Phi) is 7.55. The number of carbonyl (C=O) groups excluding carboxylic acids is 1. The van der Waals surface area contributed by atoms with E-state index in [4.69, 9.17) is 4.74 Å². The minimum atomic E-state index is -0.704. The zero-order chi connectivity index (χ0) is 22.2. The van der Waals surface area contributed by atoms with Gasteiger partial charge in [0.05, 0.1) is 7.11 Å².